The summed E-state index contributed by atoms with van der Waals surface area (Å²) in [5.41, 5.74) is 2.58. The highest BCUT2D eigenvalue weighted by atomic mass is 16.4. The van der Waals surface area contributed by atoms with Crippen molar-refractivity contribution < 1.29 is 14.7 Å². The predicted molar refractivity (Wildman–Crippen MR) is 69.8 cm³/mol. The molecule has 2 rings (SSSR count). The van der Waals surface area contributed by atoms with Gasteiger partial charge in [-0.1, -0.05) is 13.0 Å². The molecule has 0 unspecified atom stereocenters. The summed E-state index contributed by atoms with van der Waals surface area (Å²) in [5, 5.41) is 10.8. The highest BCUT2D eigenvalue weighted by Crippen LogP contribution is 2.14. The first-order valence-corrected chi connectivity index (χ1v) is 6.04. The van der Waals surface area contributed by atoms with Gasteiger partial charge in [0.1, 0.15) is 12.4 Å². The molecule has 100 valence electrons. The zero-order chi connectivity index (χ0) is 13.8. The number of aromatic amines is 1. The van der Waals surface area contributed by atoms with Gasteiger partial charge in [-0.15, -0.1) is 0 Å². The third kappa shape index (κ3) is 3.31. The van der Waals surface area contributed by atoms with E-state index in [1.165, 1.54) is 0 Å². The molecule has 0 radical (unpaired) electrons. The molecule has 0 spiro atoms. The Labute approximate surface area is 109 Å². The van der Waals surface area contributed by atoms with Crippen LogP contribution in [0.4, 0.5) is 0 Å². The molecule has 0 aliphatic carbocycles. The van der Waals surface area contributed by atoms with Gasteiger partial charge in [0.05, 0.1) is 17.5 Å². The van der Waals surface area contributed by atoms with Crippen molar-refractivity contribution >= 4 is 22.9 Å². The number of imidazole rings is 1. The van der Waals surface area contributed by atoms with Gasteiger partial charge in [-0.25, -0.2) is 4.98 Å². The third-order valence-electron chi connectivity index (χ3n) is 2.73. The van der Waals surface area contributed by atoms with Crippen molar-refractivity contribution in [3.8, 4) is 0 Å². The Morgan fingerprint density at radius 2 is 2.21 bits per heavy atom. The van der Waals surface area contributed by atoms with E-state index in [4.69, 9.17) is 5.11 Å². The lowest BCUT2D eigenvalue weighted by molar-refractivity contribution is -0.137. The second-order valence-electron chi connectivity index (χ2n) is 4.24. The quantitative estimate of drug-likeness (QED) is 0.744. The molecule has 19 heavy (non-hydrogen) atoms. The number of amides is 1. The maximum absolute atomic E-state index is 11.5. The summed E-state index contributed by atoms with van der Waals surface area (Å²) >= 11 is 0. The molecule has 0 atom stereocenters. The first-order chi connectivity index (χ1) is 9.08. The largest absolute Gasteiger partial charge is 0.480 e. The number of nitrogens with one attached hydrogen (secondary N) is 2. The average Bonchev–Trinajstić information content (AvgIpc) is 2.78. The number of hydrogen-bond acceptors (Lipinski definition) is 3. The van der Waals surface area contributed by atoms with E-state index < -0.39 is 5.97 Å². The van der Waals surface area contributed by atoms with Gasteiger partial charge in [0.25, 0.3) is 0 Å². The zero-order valence-corrected chi connectivity index (χ0v) is 10.6. The zero-order valence-electron chi connectivity index (χ0n) is 10.6. The van der Waals surface area contributed by atoms with E-state index in [9.17, 15) is 9.59 Å². The smallest absolute Gasteiger partial charge is 0.322 e. The minimum atomic E-state index is -1.05. The maximum Gasteiger partial charge on any atom is 0.322 e. The van der Waals surface area contributed by atoms with E-state index in [-0.39, 0.29) is 18.9 Å². The Morgan fingerprint density at radius 3 is 2.89 bits per heavy atom. The van der Waals surface area contributed by atoms with Crippen LogP contribution in [0.15, 0.2) is 18.2 Å². The number of fused-ring (bicyclic) bond motifs is 1. The van der Waals surface area contributed by atoms with Crippen LogP contribution in [0, 0.1) is 0 Å². The molecule has 1 aromatic heterocycles. The van der Waals surface area contributed by atoms with Crippen molar-refractivity contribution in [3.05, 3.63) is 29.6 Å². The number of hydrogen-bond donors (Lipinski definition) is 3. The third-order valence-corrected chi connectivity index (χ3v) is 2.73. The Bertz CT molecular complexity index is 619. The highest BCUT2D eigenvalue weighted by molar-refractivity contribution is 5.84. The Balaban J connectivity index is 2.08. The SMILES string of the molecule is CCc1nc2ccc(CC(=O)NCC(=O)O)cc2[nH]1. The van der Waals surface area contributed by atoms with E-state index in [1.54, 1.807) is 0 Å². The van der Waals surface area contributed by atoms with Crippen molar-refractivity contribution in [2.45, 2.75) is 19.8 Å². The van der Waals surface area contributed by atoms with Gasteiger partial charge in [-0.3, -0.25) is 9.59 Å². The van der Waals surface area contributed by atoms with Gasteiger partial charge in [-0.05, 0) is 17.7 Å². The molecule has 0 aliphatic heterocycles. The monoisotopic (exact) mass is 261 g/mol. The standard InChI is InChI=1S/C13H15N3O3/c1-2-11-15-9-4-3-8(5-10(9)16-11)6-12(17)14-7-13(18)19/h3-5H,2,6-7H2,1H3,(H,14,17)(H,15,16)(H,18,19). The van der Waals surface area contributed by atoms with E-state index >= 15 is 0 Å². The highest BCUT2D eigenvalue weighted by Gasteiger charge is 2.07. The van der Waals surface area contributed by atoms with Crippen molar-refractivity contribution in [1.29, 1.82) is 0 Å². The molecule has 1 aromatic carbocycles. The number of aromatic nitrogens is 2. The maximum atomic E-state index is 11.5. The Morgan fingerprint density at radius 1 is 1.42 bits per heavy atom. The number of rotatable bonds is 5. The molecule has 2 aromatic rings. The summed E-state index contributed by atoms with van der Waals surface area (Å²) in [6.45, 7) is 1.66. The lowest BCUT2D eigenvalue weighted by Crippen LogP contribution is -2.30. The molecule has 3 N–H and O–H groups in total. The van der Waals surface area contributed by atoms with Gasteiger partial charge in [0, 0.05) is 6.42 Å². The van der Waals surface area contributed by atoms with Crippen molar-refractivity contribution in [2.24, 2.45) is 0 Å². The summed E-state index contributed by atoms with van der Waals surface area (Å²) in [6, 6.07) is 5.54. The summed E-state index contributed by atoms with van der Waals surface area (Å²) in [7, 11) is 0. The van der Waals surface area contributed by atoms with Crippen molar-refractivity contribution in [2.75, 3.05) is 6.54 Å². The summed E-state index contributed by atoms with van der Waals surface area (Å²) < 4.78 is 0. The summed E-state index contributed by atoms with van der Waals surface area (Å²) in [5.74, 6) is -0.454. The van der Waals surface area contributed by atoms with Gasteiger partial charge >= 0.3 is 5.97 Å². The molecule has 6 heteroatoms. The average molecular weight is 261 g/mol. The number of H-pyrrole nitrogens is 1. The second kappa shape index (κ2) is 5.51. The Kier molecular flexibility index (Phi) is 3.79. The number of carboxylic acids is 1. The molecule has 1 amide bonds. The minimum absolute atomic E-state index is 0.156. The van der Waals surface area contributed by atoms with Crippen LogP contribution in [0.1, 0.15) is 18.3 Å². The fraction of sp³-hybridized carbons (Fsp3) is 0.308. The molecule has 6 nitrogen and oxygen atoms in total. The van der Waals surface area contributed by atoms with E-state index in [0.29, 0.717) is 0 Å². The molecule has 0 bridgehead atoms. The first kappa shape index (κ1) is 13.1. The Hall–Kier alpha value is -2.37. The normalized spacial score (nSPS) is 10.6. The lowest BCUT2D eigenvalue weighted by atomic mass is 10.1. The van der Waals surface area contributed by atoms with Crippen LogP contribution in [0.25, 0.3) is 11.0 Å². The number of benzene rings is 1. The number of carboxylic acid groups (broad SMARTS) is 1. The summed E-state index contributed by atoms with van der Waals surface area (Å²) in [4.78, 5) is 29.4. The van der Waals surface area contributed by atoms with Gasteiger partial charge in [0.2, 0.25) is 5.91 Å². The number of nitrogens with zero attached hydrogens (tertiary/aromatic N) is 1. The molecular formula is C13H15N3O3. The van der Waals surface area contributed by atoms with E-state index in [0.717, 1.165) is 28.8 Å². The van der Waals surface area contributed by atoms with Crippen molar-refractivity contribution in [1.82, 2.24) is 15.3 Å². The van der Waals surface area contributed by atoms with Crippen LogP contribution in [0.3, 0.4) is 0 Å². The fourth-order valence-electron chi connectivity index (χ4n) is 1.81. The van der Waals surface area contributed by atoms with Crippen molar-refractivity contribution in [3.63, 3.8) is 0 Å². The van der Waals surface area contributed by atoms with Crippen LogP contribution < -0.4 is 5.32 Å². The van der Waals surface area contributed by atoms with Crippen LogP contribution in [-0.4, -0.2) is 33.5 Å². The van der Waals surface area contributed by atoms with Crippen LogP contribution in [-0.2, 0) is 22.4 Å². The molecular weight excluding hydrogens is 246 g/mol. The molecule has 1 heterocycles. The van der Waals surface area contributed by atoms with Gasteiger partial charge < -0.3 is 15.4 Å². The molecule has 0 saturated heterocycles. The van der Waals surface area contributed by atoms with E-state index in [2.05, 4.69) is 15.3 Å². The number of carbonyl (C=O) groups excluding carboxylic acids is 1. The van der Waals surface area contributed by atoms with Crippen LogP contribution >= 0.6 is 0 Å². The molecule has 0 aliphatic rings. The minimum Gasteiger partial charge on any atom is -0.480 e. The lowest BCUT2D eigenvalue weighted by Gasteiger charge is -2.02. The van der Waals surface area contributed by atoms with Crippen LogP contribution in [0.2, 0.25) is 0 Å². The van der Waals surface area contributed by atoms with Gasteiger partial charge in [-0.2, -0.15) is 0 Å². The van der Waals surface area contributed by atoms with E-state index in [1.807, 2.05) is 25.1 Å². The number of aryl methyl sites for hydroxylation is 1. The number of aliphatic carboxylic acids is 1. The first-order valence-electron chi connectivity index (χ1n) is 6.04. The second-order valence-corrected chi connectivity index (χ2v) is 4.24. The molecule has 0 fully saturated rings. The number of carbonyl (C=O) groups is 2. The topological polar surface area (TPSA) is 95.1 Å². The summed E-state index contributed by atoms with van der Waals surface area (Å²) in [6.07, 6.45) is 0.979. The van der Waals surface area contributed by atoms with Gasteiger partial charge in [0.15, 0.2) is 0 Å². The predicted octanol–water partition coefficient (Wildman–Crippen LogP) is 0.869. The molecule has 0 saturated carbocycles. The fourth-order valence-corrected chi connectivity index (χ4v) is 1.81. The van der Waals surface area contributed by atoms with Crippen LogP contribution in [0.5, 0.6) is 0 Å².